The molecule has 4 aromatic carbocycles. The topological polar surface area (TPSA) is 40.6 Å². The first-order valence-corrected chi connectivity index (χ1v) is 11.1. The van der Waals surface area contributed by atoms with Crippen LogP contribution in [0.5, 0.6) is 0 Å². The summed E-state index contributed by atoms with van der Waals surface area (Å²) in [5.74, 6) is -0.188. The van der Waals surface area contributed by atoms with Crippen LogP contribution in [0.15, 0.2) is 115 Å². The van der Waals surface area contributed by atoms with Crippen molar-refractivity contribution in [2.45, 2.75) is 19.1 Å². The van der Waals surface area contributed by atoms with Crippen molar-refractivity contribution in [3.05, 3.63) is 132 Å². The highest BCUT2D eigenvalue weighted by Crippen LogP contribution is 2.34. The second kappa shape index (κ2) is 9.13. The number of urea groups is 1. The summed E-state index contributed by atoms with van der Waals surface area (Å²) in [6.07, 6.45) is 0. The van der Waals surface area contributed by atoms with Crippen LogP contribution in [0.2, 0.25) is 0 Å². The molecule has 0 saturated carbocycles. The first-order chi connectivity index (χ1) is 16.2. The summed E-state index contributed by atoms with van der Waals surface area (Å²) in [7, 11) is 0. The van der Waals surface area contributed by atoms with E-state index in [1.165, 1.54) is 4.90 Å². The third-order valence-electron chi connectivity index (χ3n) is 6.00. The fourth-order valence-corrected chi connectivity index (χ4v) is 4.30. The van der Waals surface area contributed by atoms with E-state index in [1.54, 1.807) is 4.90 Å². The number of hydrogen-bond acceptors (Lipinski definition) is 2. The molecule has 0 radical (unpaired) electrons. The normalized spacial score (nSPS) is 15.8. The lowest BCUT2D eigenvalue weighted by Gasteiger charge is -2.22. The van der Waals surface area contributed by atoms with Crippen LogP contribution in [0.1, 0.15) is 22.7 Å². The molecule has 3 amide bonds. The third kappa shape index (κ3) is 4.28. The minimum absolute atomic E-state index is 0.188. The molecule has 1 atom stereocenters. The molecule has 1 aliphatic heterocycles. The maximum Gasteiger partial charge on any atom is 0.328 e. The van der Waals surface area contributed by atoms with Crippen LogP contribution in [0.25, 0.3) is 11.1 Å². The minimum atomic E-state index is -0.647. The second-order valence-electron chi connectivity index (χ2n) is 8.20. The van der Waals surface area contributed by atoms with Crippen molar-refractivity contribution in [2.24, 2.45) is 0 Å². The van der Waals surface area contributed by atoms with Crippen LogP contribution in [0.4, 0.5) is 4.79 Å². The van der Waals surface area contributed by atoms with Gasteiger partial charge in [0.1, 0.15) is 6.04 Å². The molecule has 0 bridgehead atoms. The molecule has 0 aliphatic carbocycles. The van der Waals surface area contributed by atoms with Crippen LogP contribution >= 0.6 is 0 Å². The summed E-state index contributed by atoms with van der Waals surface area (Å²) in [5.41, 5.74) is 4.93. The lowest BCUT2D eigenvalue weighted by Crippen LogP contribution is -2.32. The van der Waals surface area contributed by atoms with Gasteiger partial charge in [-0.25, -0.2) is 4.79 Å². The Morgan fingerprint density at radius 2 is 1.03 bits per heavy atom. The molecular weight excluding hydrogens is 408 g/mol. The molecule has 5 rings (SSSR count). The number of imide groups is 1. The SMILES string of the molecule is O=C1C(c2ccc(-c3ccccc3)cc2)N(Cc2ccccc2)C(=O)N1Cc1ccccc1. The molecule has 162 valence electrons. The summed E-state index contributed by atoms with van der Waals surface area (Å²) in [4.78, 5) is 30.0. The van der Waals surface area contributed by atoms with E-state index < -0.39 is 6.04 Å². The Bertz CT molecular complexity index is 1240. The van der Waals surface area contributed by atoms with Gasteiger partial charge in [0.25, 0.3) is 5.91 Å². The van der Waals surface area contributed by atoms with E-state index >= 15 is 0 Å². The minimum Gasteiger partial charge on any atom is -0.304 e. The van der Waals surface area contributed by atoms with Crippen molar-refractivity contribution < 1.29 is 9.59 Å². The van der Waals surface area contributed by atoms with Gasteiger partial charge in [-0.3, -0.25) is 9.69 Å². The van der Waals surface area contributed by atoms with Crippen LogP contribution in [0.3, 0.4) is 0 Å². The Labute approximate surface area is 193 Å². The Hall–Kier alpha value is -4.18. The van der Waals surface area contributed by atoms with Gasteiger partial charge in [0, 0.05) is 6.54 Å². The smallest absolute Gasteiger partial charge is 0.304 e. The van der Waals surface area contributed by atoms with Crippen molar-refractivity contribution >= 4 is 11.9 Å². The quantitative estimate of drug-likeness (QED) is 0.348. The number of nitrogens with zero attached hydrogens (tertiary/aromatic N) is 2. The fourth-order valence-electron chi connectivity index (χ4n) is 4.30. The highest BCUT2D eigenvalue weighted by molar-refractivity contribution is 6.04. The fraction of sp³-hybridized carbons (Fsp3) is 0.103. The van der Waals surface area contributed by atoms with Gasteiger partial charge < -0.3 is 4.90 Å². The van der Waals surface area contributed by atoms with Crippen LogP contribution in [-0.4, -0.2) is 21.7 Å². The Kier molecular flexibility index (Phi) is 5.73. The maximum absolute atomic E-state index is 13.5. The second-order valence-corrected chi connectivity index (χ2v) is 8.20. The largest absolute Gasteiger partial charge is 0.328 e. The van der Waals surface area contributed by atoms with E-state index in [4.69, 9.17) is 0 Å². The summed E-state index contributed by atoms with van der Waals surface area (Å²) >= 11 is 0. The van der Waals surface area contributed by atoms with Crippen LogP contribution in [-0.2, 0) is 17.9 Å². The van der Waals surface area contributed by atoms with Gasteiger partial charge in [0.05, 0.1) is 6.54 Å². The molecule has 4 nitrogen and oxygen atoms in total. The average molecular weight is 433 g/mol. The van der Waals surface area contributed by atoms with Gasteiger partial charge in [-0.2, -0.15) is 0 Å². The van der Waals surface area contributed by atoms with Crippen molar-refractivity contribution in [1.29, 1.82) is 0 Å². The number of hydrogen-bond donors (Lipinski definition) is 0. The van der Waals surface area contributed by atoms with Crippen molar-refractivity contribution in [3.8, 4) is 11.1 Å². The molecule has 1 unspecified atom stereocenters. The predicted molar refractivity (Wildman–Crippen MR) is 129 cm³/mol. The first-order valence-electron chi connectivity index (χ1n) is 11.1. The van der Waals surface area contributed by atoms with Crippen LogP contribution in [0, 0.1) is 0 Å². The molecule has 0 N–H and O–H groups in total. The molecule has 4 heteroatoms. The number of carbonyl (C=O) groups excluding carboxylic acids is 2. The van der Waals surface area contributed by atoms with Gasteiger partial charge in [-0.05, 0) is 27.8 Å². The van der Waals surface area contributed by atoms with Gasteiger partial charge in [0.2, 0.25) is 0 Å². The van der Waals surface area contributed by atoms with Crippen LogP contribution < -0.4 is 0 Å². The van der Waals surface area contributed by atoms with E-state index in [0.717, 1.165) is 27.8 Å². The molecule has 33 heavy (non-hydrogen) atoms. The summed E-state index contributed by atoms with van der Waals surface area (Å²) in [5, 5.41) is 0. The highest BCUT2D eigenvalue weighted by Gasteiger charge is 2.45. The molecule has 1 heterocycles. The number of carbonyl (C=O) groups is 2. The van der Waals surface area contributed by atoms with E-state index in [1.807, 2.05) is 103 Å². The monoisotopic (exact) mass is 432 g/mol. The van der Waals surface area contributed by atoms with Gasteiger partial charge >= 0.3 is 6.03 Å². The van der Waals surface area contributed by atoms with Gasteiger partial charge in [0.15, 0.2) is 0 Å². The van der Waals surface area contributed by atoms with Crippen molar-refractivity contribution in [3.63, 3.8) is 0 Å². The zero-order valence-electron chi connectivity index (χ0n) is 18.2. The van der Waals surface area contributed by atoms with Crippen molar-refractivity contribution in [2.75, 3.05) is 0 Å². The van der Waals surface area contributed by atoms with E-state index in [9.17, 15) is 9.59 Å². The van der Waals surface area contributed by atoms with Crippen molar-refractivity contribution in [1.82, 2.24) is 9.80 Å². The van der Waals surface area contributed by atoms with E-state index in [-0.39, 0.29) is 18.5 Å². The summed E-state index contributed by atoms with van der Waals surface area (Å²) in [6.45, 7) is 0.643. The number of benzene rings is 4. The molecule has 1 fully saturated rings. The third-order valence-corrected chi connectivity index (χ3v) is 6.00. The average Bonchev–Trinajstić information content (AvgIpc) is 3.10. The van der Waals surface area contributed by atoms with Gasteiger partial charge in [-0.15, -0.1) is 0 Å². The highest BCUT2D eigenvalue weighted by atomic mass is 16.2. The first kappa shape index (κ1) is 20.7. The lowest BCUT2D eigenvalue weighted by molar-refractivity contribution is -0.128. The van der Waals surface area contributed by atoms with E-state index in [2.05, 4.69) is 12.1 Å². The zero-order valence-corrected chi connectivity index (χ0v) is 18.2. The Morgan fingerprint density at radius 1 is 0.545 bits per heavy atom. The molecule has 0 spiro atoms. The summed E-state index contributed by atoms with van der Waals surface area (Å²) < 4.78 is 0. The molecule has 1 aliphatic rings. The maximum atomic E-state index is 13.5. The number of amides is 3. The van der Waals surface area contributed by atoms with Gasteiger partial charge in [-0.1, -0.05) is 115 Å². The zero-order chi connectivity index (χ0) is 22.6. The van der Waals surface area contributed by atoms with E-state index in [0.29, 0.717) is 6.54 Å². The Balaban J connectivity index is 1.48. The Morgan fingerprint density at radius 3 is 1.61 bits per heavy atom. The molecule has 1 saturated heterocycles. The lowest BCUT2D eigenvalue weighted by atomic mass is 9.99. The standard InChI is InChI=1S/C29H24N2O2/c32-28-27(26-18-16-25(17-19-26)24-14-8-3-9-15-24)30(20-22-10-4-1-5-11-22)29(33)31(28)21-23-12-6-2-7-13-23/h1-19,27H,20-21H2. The number of rotatable bonds is 6. The molecule has 4 aromatic rings. The predicted octanol–water partition coefficient (Wildman–Crippen LogP) is 6.06. The summed E-state index contributed by atoms with van der Waals surface area (Å²) in [6, 6.07) is 36.6. The molecule has 0 aromatic heterocycles. The molecular formula is C29H24N2O2.